The molecule has 0 bridgehead atoms. The number of halogens is 2. The minimum absolute atomic E-state index is 0.173. The number of alkyl halides is 2. The third kappa shape index (κ3) is 3.27. The zero-order valence-corrected chi connectivity index (χ0v) is 11.6. The fraction of sp³-hybridized carbons (Fsp3) is 0.600. The Balaban J connectivity index is 2.12. The third-order valence-electron chi connectivity index (χ3n) is 4.33. The van der Waals surface area contributed by atoms with Gasteiger partial charge < -0.3 is 15.6 Å². The maximum atomic E-state index is 12.4. The smallest absolute Gasteiger partial charge is 0.387 e. The second-order valence-corrected chi connectivity index (χ2v) is 5.38. The molecule has 3 N–H and O–H groups in total. The fourth-order valence-corrected chi connectivity index (χ4v) is 3.09. The molecule has 1 aliphatic carbocycles. The molecule has 0 amide bonds. The zero-order valence-electron chi connectivity index (χ0n) is 11.6. The minimum atomic E-state index is -2.84. The molecule has 0 aromatic heterocycles. The molecule has 2 rings (SSSR count). The topological polar surface area (TPSA) is 55.5 Å². The molecule has 1 aromatic carbocycles. The number of aliphatic hydroxyl groups excluding tert-OH is 1. The van der Waals surface area contributed by atoms with Gasteiger partial charge in [-0.3, -0.25) is 0 Å². The Morgan fingerprint density at radius 3 is 2.70 bits per heavy atom. The van der Waals surface area contributed by atoms with Crippen molar-refractivity contribution < 1.29 is 18.6 Å². The van der Waals surface area contributed by atoms with Gasteiger partial charge in [0.05, 0.1) is 0 Å². The SMILES string of the molecule is CC1C(CCO)C1Cc1cccc(OC(F)F)c1CN. The van der Waals surface area contributed by atoms with Crippen LogP contribution in [0.3, 0.4) is 0 Å². The summed E-state index contributed by atoms with van der Waals surface area (Å²) in [6, 6.07) is 5.17. The maximum Gasteiger partial charge on any atom is 0.387 e. The summed E-state index contributed by atoms with van der Waals surface area (Å²) in [6.07, 6.45) is 1.61. The summed E-state index contributed by atoms with van der Waals surface area (Å²) < 4.78 is 29.3. The van der Waals surface area contributed by atoms with E-state index in [0.29, 0.717) is 23.3 Å². The molecule has 1 aliphatic rings. The predicted octanol–water partition coefficient (Wildman–Crippen LogP) is 2.55. The van der Waals surface area contributed by atoms with E-state index in [1.165, 1.54) is 6.07 Å². The Labute approximate surface area is 117 Å². The molecule has 20 heavy (non-hydrogen) atoms. The molecular weight excluding hydrogens is 264 g/mol. The zero-order chi connectivity index (χ0) is 14.7. The van der Waals surface area contributed by atoms with Crippen molar-refractivity contribution in [1.29, 1.82) is 0 Å². The molecule has 3 atom stereocenters. The normalized spacial score (nSPS) is 25.0. The third-order valence-corrected chi connectivity index (χ3v) is 4.33. The van der Waals surface area contributed by atoms with Crippen LogP contribution in [0.2, 0.25) is 0 Å². The van der Waals surface area contributed by atoms with E-state index in [1.807, 2.05) is 6.07 Å². The van der Waals surface area contributed by atoms with Crippen molar-refractivity contribution in [1.82, 2.24) is 0 Å². The van der Waals surface area contributed by atoms with Crippen LogP contribution in [-0.4, -0.2) is 18.3 Å². The molecule has 0 aliphatic heterocycles. The number of ether oxygens (including phenoxy) is 1. The number of rotatable bonds is 7. The molecule has 0 saturated heterocycles. The van der Waals surface area contributed by atoms with Crippen LogP contribution in [-0.2, 0) is 13.0 Å². The molecule has 112 valence electrons. The average Bonchev–Trinajstić information content (AvgIpc) is 2.99. The molecule has 1 fully saturated rings. The molecule has 3 unspecified atom stereocenters. The Bertz CT molecular complexity index is 453. The van der Waals surface area contributed by atoms with Gasteiger partial charge in [0.1, 0.15) is 5.75 Å². The highest BCUT2D eigenvalue weighted by atomic mass is 19.3. The van der Waals surface area contributed by atoms with Crippen LogP contribution in [0.15, 0.2) is 18.2 Å². The highest BCUT2D eigenvalue weighted by Gasteiger charge is 2.45. The van der Waals surface area contributed by atoms with E-state index in [1.54, 1.807) is 6.07 Å². The Morgan fingerprint density at radius 2 is 2.10 bits per heavy atom. The average molecular weight is 285 g/mol. The van der Waals surface area contributed by atoms with E-state index in [2.05, 4.69) is 11.7 Å². The minimum Gasteiger partial charge on any atom is -0.434 e. The lowest BCUT2D eigenvalue weighted by molar-refractivity contribution is -0.0504. The van der Waals surface area contributed by atoms with Gasteiger partial charge in [0.2, 0.25) is 0 Å². The summed E-state index contributed by atoms with van der Waals surface area (Å²) in [6.45, 7) is -0.294. The first kappa shape index (κ1) is 15.2. The molecule has 1 aromatic rings. The van der Waals surface area contributed by atoms with Crippen molar-refractivity contribution in [2.24, 2.45) is 23.5 Å². The van der Waals surface area contributed by atoms with Gasteiger partial charge in [-0.2, -0.15) is 8.78 Å². The number of benzene rings is 1. The van der Waals surface area contributed by atoms with Gasteiger partial charge in [0.25, 0.3) is 0 Å². The first-order valence-electron chi connectivity index (χ1n) is 6.95. The molecule has 0 radical (unpaired) electrons. The predicted molar refractivity (Wildman–Crippen MR) is 72.5 cm³/mol. The van der Waals surface area contributed by atoms with Crippen LogP contribution in [0.25, 0.3) is 0 Å². The second-order valence-electron chi connectivity index (χ2n) is 5.38. The number of hydrogen-bond acceptors (Lipinski definition) is 3. The van der Waals surface area contributed by atoms with Gasteiger partial charge >= 0.3 is 6.61 Å². The summed E-state index contributed by atoms with van der Waals surface area (Å²) in [7, 11) is 0. The van der Waals surface area contributed by atoms with Crippen LogP contribution in [0.4, 0.5) is 8.78 Å². The van der Waals surface area contributed by atoms with Gasteiger partial charge in [0, 0.05) is 18.7 Å². The maximum absolute atomic E-state index is 12.4. The number of aliphatic hydroxyl groups is 1. The molecule has 5 heteroatoms. The lowest BCUT2D eigenvalue weighted by Gasteiger charge is -2.14. The van der Waals surface area contributed by atoms with E-state index < -0.39 is 6.61 Å². The lowest BCUT2D eigenvalue weighted by atomic mass is 9.99. The summed E-state index contributed by atoms with van der Waals surface area (Å²) in [5, 5.41) is 9.00. The van der Waals surface area contributed by atoms with Crippen LogP contribution in [0.1, 0.15) is 24.5 Å². The quantitative estimate of drug-likeness (QED) is 0.809. The van der Waals surface area contributed by atoms with Gasteiger partial charge in [-0.15, -0.1) is 0 Å². The molecular formula is C15H21F2NO2. The van der Waals surface area contributed by atoms with E-state index in [4.69, 9.17) is 10.8 Å². The first-order valence-corrected chi connectivity index (χ1v) is 6.95. The van der Waals surface area contributed by atoms with Gasteiger partial charge in [-0.1, -0.05) is 19.1 Å². The van der Waals surface area contributed by atoms with Crippen LogP contribution in [0, 0.1) is 17.8 Å². The Hall–Kier alpha value is -1.20. The fourth-order valence-electron chi connectivity index (χ4n) is 3.09. The molecule has 0 heterocycles. The summed E-state index contributed by atoms with van der Waals surface area (Å²) in [4.78, 5) is 0. The van der Waals surface area contributed by atoms with Crippen molar-refractivity contribution in [3.05, 3.63) is 29.3 Å². The highest BCUT2D eigenvalue weighted by molar-refractivity contribution is 5.41. The second kappa shape index (κ2) is 6.50. The molecule has 1 saturated carbocycles. The van der Waals surface area contributed by atoms with E-state index >= 15 is 0 Å². The Morgan fingerprint density at radius 1 is 1.35 bits per heavy atom. The number of nitrogens with two attached hydrogens (primary N) is 1. The van der Waals surface area contributed by atoms with E-state index in [0.717, 1.165) is 18.4 Å². The number of hydrogen-bond donors (Lipinski definition) is 2. The summed E-state index contributed by atoms with van der Waals surface area (Å²) in [5.41, 5.74) is 7.32. The van der Waals surface area contributed by atoms with Gasteiger partial charge in [-0.25, -0.2) is 0 Å². The van der Waals surface area contributed by atoms with E-state index in [-0.39, 0.29) is 18.9 Å². The first-order chi connectivity index (χ1) is 9.58. The molecule has 3 nitrogen and oxygen atoms in total. The van der Waals surface area contributed by atoms with Gasteiger partial charge in [-0.05, 0) is 42.2 Å². The van der Waals surface area contributed by atoms with Crippen molar-refractivity contribution in [3.8, 4) is 5.75 Å². The largest absolute Gasteiger partial charge is 0.434 e. The van der Waals surface area contributed by atoms with Crippen molar-refractivity contribution in [2.75, 3.05) is 6.61 Å². The van der Waals surface area contributed by atoms with Crippen molar-refractivity contribution in [2.45, 2.75) is 32.9 Å². The van der Waals surface area contributed by atoms with Crippen LogP contribution >= 0.6 is 0 Å². The monoisotopic (exact) mass is 285 g/mol. The summed E-state index contributed by atoms with van der Waals surface area (Å²) in [5.74, 6) is 1.75. The van der Waals surface area contributed by atoms with Crippen molar-refractivity contribution >= 4 is 0 Å². The van der Waals surface area contributed by atoms with Crippen LogP contribution in [0.5, 0.6) is 5.75 Å². The van der Waals surface area contributed by atoms with Crippen molar-refractivity contribution in [3.63, 3.8) is 0 Å². The highest BCUT2D eigenvalue weighted by Crippen LogP contribution is 2.50. The van der Waals surface area contributed by atoms with Crippen LogP contribution < -0.4 is 10.5 Å². The lowest BCUT2D eigenvalue weighted by Crippen LogP contribution is -2.10. The van der Waals surface area contributed by atoms with E-state index in [9.17, 15) is 8.78 Å². The Kier molecular flexibility index (Phi) is 4.94. The molecule has 0 spiro atoms. The summed E-state index contributed by atoms with van der Waals surface area (Å²) >= 11 is 0. The van der Waals surface area contributed by atoms with Gasteiger partial charge in [0.15, 0.2) is 0 Å². The standard InChI is InChI=1S/C15H21F2NO2/c1-9-11(5-6-19)12(9)7-10-3-2-4-14(13(10)8-18)20-15(16)17/h2-4,9,11-12,15,19H,5-8,18H2,1H3.